The van der Waals surface area contributed by atoms with E-state index in [0.29, 0.717) is 101 Å². The minimum Gasteiger partial charge on any atom is -0.468 e. The smallest absolute Gasteiger partial charge is 0.407 e. The molecule has 0 bridgehead atoms. The molecule has 0 heterocycles. The molecule has 0 aliphatic rings. The molecular weight excluding hydrogens is 1310 g/mol. The summed E-state index contributed by atoms with van der Waals surface area (Å²) in [5.74, 6) is 2.20. The average Bonchev–Trinajstić information content (AvgIpc) is 1.06. The van der Waals surface area contributed by atoms with E-state index in [0.717, 1.165) is 127 Å². The first-order valence-corrected chi connectivity index (χ1v) is 38.2. The molecule has 0 saturated carbocycles. The number of ether oxygens (including phenoxy) is 3. The topological polar surface area (TPSA) is 239 Å². The number of rotatable bonds is 45. The summed E-state index contributed by atoms with van der Waals surface area (Å²) in [6.07, 6.45) is 18.0. The number of hydrogen-bond donors (Lipinski definition) is 7. The molecule has 15 nitrogen and oxygen atoms in total. The van der Waals surface area contributed by atoms with Crippen LogP contribution in [0.5, 0.6) is 0 Å². The lowest BCUT2D eigenvalue weighted by atomic mass is 9.90. The molecule has 4 amide bonds. The van der Waals surface area contributed by atoms with Gasteiger partial charge in [0, 0.05) is 45.1 Å². The van der Waals surface area contributed by atoms with Crippen LogP contribution in [0.2, 0.25) is 0 Å². The highest BCUT2D eigenvalue weighted by atomic mass is 16.6. The summed E-state index contributed by atoms with van der Waals surface area (Å²) < 4.78 is 15.3. The van der Waals surface area contributed by atoms with E-state index in [1.807, 2.05) is 97.1 Å². The van der Waals surface area contributed by atoms with Gasteiger partial charge in [0.25, 0.3) is 6.47 Å². The lowest BCUT2D eigenvalue weighted by molar-refractivity contribution is -0.130. The van der Waals surface area contributed by atoms with Crippen LogP contribution in [-0.4, -0.2) is 82.4 Å². The van der Waals surface area contributed by atoms with E-state index in [9.17, 15) is 24.0 Å². The first-order valence-electron chi connectivity index (χ1n) is 38.2. The molecule has 105 heavy (non-hydrogen) atoms. The maximum absolute atomic E-state index is 12.8. The fourth-order valence-electron chi connectivity index (χ4n) is 12.0. The van der Waals surface area contributed by atoms with Gasteiger partial charge in [-0.05, 0) is 203 Å². The lowest BCUT2D eigenvalue weighted by Crippen LogP contribution is -2.38. The number of nitrogens with one attached hydrogen (secondary N) is 4. The van der Waals surface area contributed by atoms with Crippen molar-refractivity contribution in [2.75, 3.05) is 45.9 Å². The van der Waals surface area contributed by atoms with Gasteiger partial charge in [-0.25, -0.2) is 9.59 Å². The highest BCUT2D eigenvalue weighted by Gasteiger charge is 2.18. The number of carbonyl (C=O) groups is 5. The zero-order valence-corrected chi connectivity index (χ0v) is 62.6. The fourth-order valence-corrected chi connectivity index (χ4v) is 12.0. The predicted octanol–water partition coefficient (Wildman–Crippen LogP) is 16.5. The van der Waals surface area contributed by atoms with E-state index in [2.05, 4.69) is 181 Å². The molecule has 8 aromatic rings. The van der Waals surface area contributed by atoms with E-state index in [1.165, 1.54) is 33.4 Å². The Labute approximate surface area is 628 Å². The Morgan fingerprint density at radius 1 is 0.362 bits per heavy atom. The van der Waals surface area contributed by atoms with Gasteiger partial charge in [-0.3, -0.25) is 14.4 Å². The summed E-state index contributed by atoms with van der Waals surface area (Å²) in [7, 11) is 0. The van der Waals surface area contributed by atoms with Crippen molar-refractivity contribution in [3.8, 4) is 0 Å². The molecule has 8 aromatic carbocycles. The van der Waals surface area contributed by atoms with Gasteiger partial charge in [0.05, 0.1) is 6.61 Å². The summed E-state index contributed by atoms with van der Waals surface area (Å²) in [5, 5.41) is 11.7. The highest BCUT2D eigenvalue weighted by Crippen LogP contribution is 2.23. The SMILES string of the molecule is C[C@@H](CCCNC(=O)OCc1ccccc1)CNC(=O)CC(CCc1ccccc1)CCc1ccccc1.C[C@H](CN)CCCNC(=O)OCc1ccccc1.NCCC[C@H](N)CNC(=O)CC(CCc1ccccc1)CCc1ccccc1.O=COCC(CCc1ccccc1)CCc1ccccc1. The Morgan fingerprint density at radius 3 is 0.962 bits per heavy atom. The van der Waals surface area contributed by atoms with Gasteiger partial charge in [0.1, 0.15) is 13.2 Å². The van der Waals surface area contributed by atoms with Crippen LogP contribution in [-0.2, 0) is 80.3 Å². The van der Waals surface area contributed by atoms with Gasteiger partial charge in [-0.1, -0.05) is 257 Å². The van der Waals surface area contributed by atoms with Crippen LogP contribution < -0.4 is 38.5 Å². The summed E-state index contributed by atoms with van der Waals surface area (Å²) in [5.41, 5.74) is 27.0. The van der Waals surface area contributed by atoms with Gasteiger partial charge in [-0.15, -0.1) is 0 Å². The van der Waals surface area contributed by atoms with E-state index in [1.54, 1.807) is 0 Å². The van der Waals surface area contributed by atoms with Crippen LogP contribution >= 0.6 is 0 Å². The van der Waals surface area contributed by atoms with Crippen molar-refractivity contribution in [2.45, 2.75) is 162 Å². The zero-order valence-electron chi connectivity index (χ0n) is 62.6. The van der Waals surface area contributed by atoms with Crippen molar-refractivity contribution >= 4 is 30.5 Å². The zero-order chi connectivity index (χ0) is 74.8. The number of alkyl carbamates (subject to hydrolysis) is 2. The molecule has 0 aromatic heterocycles. The van der Waals surface area contributed by atoms with Gasteiger partial charge in [0.2, 0.25) is 11.8 Å². The molecular formula is C90H121N7O8. The van der Waals surface area contributed by atoms with Crippen LogP contribution in [0, 0.1) is 29.6 Å². The number of hydrogen-bond acceptors (Lipinski definition) is 11. The van der Waals surface area contributed by atoms with E-state index >= 15 is 0 Å². The Balaban J connectivity index is 0.000000262. The fraction of sp³-hybridized carbons (Fsp3) is 0.411. The number of nitrogens with two attached hydrogens (primary N) is 3. The van der Waals surface area contributed by atoms with E-state index < -0.39 is 6.09 Å². The Morgan fingerprint density at radius 2 is 0.657 bits per heavy atom. The second kappa shape index (κ2) is 56.0. The molecule has 10 N–H and O–H groups in total. The van der Waals surface area contributed by atoms with Crippen molar-refractivity contribution in [1.82, 2.24) is 21.3 Å². The van der Waals surface area contributed by atoms with Crippen molar-refractivity contribution < 1.29 is 38.2 Å². The maximum atomic E-state index is 12.8. The van der Waals surface area contributed by atoms with Gasteiger partial charge < -0.3 is 52.7 Å². The largest absolute Gasteiger partial charge is 0.468 e. The summed E-state index contributed by atoms with van der Waals surface area (Å²) in [4.78, 5) is 59.0. The average molecular weight is 1430 g/mol. The van der Waals surface area contributed by atoms with Crippen molar-refractivity contribution in [3.05, 3.63) is 287 Å². The van der Waals surface area contributed by atoms with Crippen molar-refractivity contribution in [1.29, 1.82) is 0 Å². The number of carbonyl (C=O) groups excluding carboxylic acids is 5. The van der Waals surface area contributed by atoms with E-state index in [4.69, 9.17) is 31.4 Å². The van der Waals surface area contributed by atoms with Crippen LogP contribution in [0.1, 0.15) is 148 Å². The third-order valence-electron chi connectivity index (χ3n) is 18.6. The van der Waals surface area contributed by atoms with Crippen molar-refractivity contribution in [2.24, 2.45) is 46.8 Å². The summed E-state index contributed by atoms with van der Waals surface area (Å²) >= 11 is 0. The van der Waals surface area contributed by atoms with E-state index in [-0.39, 0.29) is 30.6 Å². The number of aryl methyl sites for hydroxylation is 6. The quantitative estimate of drug-likeness (QED) is 0.0108. The molecule has 0 unspecified atom stereocenters. The van der Waals surface area contributed by atoms with Crippen LogP contribution in [0.15, 0.2) is 243 Å². The van der Waals surface area contributed by atoms with Gasteiger partial charge >= 0.3 is 12.2 Å². The van der Waals surface area contributed by atoms with Crippen LogP contribution in [0.4, 0.5) is 9.59 Å². The molecule has 0 fully saturated rings. The molecule has 0 aliphatic heterocycles. The summed E-state index contributed by atoms with van der Waals surface area (Å²) in [6.45, 7) is 9.61. The third-order valence-corrected chi connectivity index (χ3v) is 18.6. The van der Waals surface area contributed by atoms with Crippen LogP contribution in [0.25, 0.3) is 0 Å². The van der Waals surface area contributed by atoms with Crippen molar-refractivity contribution in [3.63, 3.8) is 0 Å². The van der Waals surface area contributed by atoms with Gasteiger partial charge in [0.15, 0.2) is 0 Å². The van der Waals surface area contributed by atoms with Gasteiger partial charge in [-0.2, -0.15) is 0 Å². The molecule has 3 atom stereocenters. The second-order valence-corrected chi connectivity index (χ2v) is 27.6. The standard InChI is InChI=1S/C33H42N2O3.C24H35N3O.C19H22O2.C14H22N2O2/c1-27(12-11-23-34-33(37)38-26-31-17-9-4-10-18-31)25-35-32(36)24-30(21-19-28-13-5-2-6-14-28)22-20-29-15-7-3-8-16-29;25-17-7-12-23(26)19-27-24(28)18-22(15-13-20-8-3-1-4-9-20)16-14-21-10-5-2-6-11-21;20-16-21-15-19(13-11-17-7-3-1-4-8-17)14-12-18-9-5-2-6-10-18;1-12(10-15)6-5-9-16-14(17)18-11-13-7-3-2-4-8-13/h2-10,13-18,27,30H,11-12,19-26H2,1H3,(H,34,37)(H,35,36);1-6,8-11,22-23H,7,12-19,25-26H2,(H,27,28);1-10,16,19H,11-15H2;2-4,7-8,12H,5-6,9-11,15H2,1H3,(H,16,17)/t27-;23-;;12-/m00.0/s1. The first kappa shape index (κ1) is 86.2. The highest BCUT2D eigenvalue weighted by molar-refractivity contribution is 5.76. The number of amides is 4. The Bertz CT molecular complexity index is 3330. The Hall–Kier alpha value is -9.41. The second-order valence-electron chi connectivity index (χ2n) is 27.6. The molecule has 0 aliphatic carbocycles. The molecule has 0 spiro atoms. The van der Waals surface area contributed by atoms with Crippen LogP contribution in [0.3, 0.4) is 0 Å². The Kier molecular flexibility index (Phi) is 46.0. The minimum absolute atomic E-state index is 0.0143. The molecule has 0 radical (unpaired) electrons. The maximum Gasteiger partial charge on any atom is 0.407 e. The lowest BCUT2D eigenvalue weighted by Gasteiger charge is -2.18. The monoisotopic (exact) mass is 1430 g/mol. The predicted molar refractivity (Wildman–Crippen MR) is 428 cm³/mol. The normalized spacial score (nSPS) is 11.6. The molecule has 0 saturated heterocycles. The summed E-state index contributed by atoms with van der Waals surface area (Å²) in [6, 6.07) is 82.2. The first-order chi connectivity index (χ1) is 51.4. The third kappa shape index (κ3) is 43.5. The number of benzene rings is 8. The molecule has 564 valence electrons. The molecule has 15 heteroatoms. The minimum atomic E-state index is -0.396. The molecule has 8 rings (SSSR count).